The number of aliphatic hydroxyl groups excluding tert-OH is 2. The van der Waals surface area contributed by atoms with Gasteiger partial charge in [-0.2, -0.15) is 13.2 Å². The third kappa shape index (κ3) is 7.18. The molecule has 17 heteroatoms. The molecule has 2 aliphatic rings. The van der Waals surface area contributed by atoms with Gasteiger partial charge in [-0.15, -0.1) is 12.4 Å². The van der Waals surface area contributed by atoms with Crippen LogP contribution < -0.4 is 5.32 Å². The number of nitrogens with zero attached hydrogens (tertiary/aromatic N) is 5. The molecule has 2 fully saturated rings. The van der Waals surface area contributed by atoms with Crippen molar-refractivity contribution >= 4 is 61.9 Å². The van der Waals surface area contributed by atoms with Gasteiger partial charge in [-0.1, -0.05) is 11.6 Å². The smallest absolute Gasteiger partial charge is 0.390 e. The van der Waals surface area contributed by atoms with Crippen LogP contribution in [0, 0.1) is 5.92 Å². The summed E-state index contributed by atoms with van der Waals surface area (Å²) in [5.41, 5.74) is 0.217. The zero-order chi connectivity index (χ0) is 31.4. The number of anilines is 1. The van der Waals surface area contributed by atoms with E-state index in [0.717, 1.165) is 36.4 Å². The molecule has 2 saturated carbocycles. The van der Waals surface area contributed by atoms with Crippen molar-refractivity contribution in [3.63, 3.8) is 0 Å². The molecule has 6 rings (SSSR count). The number of fused-ring (bicyclic) bond motifs is 2. The van der Waals surface area contributed by atoms with E-state index in [1.54, 1.807) is 0 Å². The maximum atomic E-state index is 13.2. The average molecular weight is 693 g/mol. The molecular formula is C28H34Cl2F3N7O4S. The number of sulfonamides is 1. The van der Waals surface area contributed by atoms with Crippen LogP contribution in [0.4, 0.5) is 19.0 Å². The molecule has 0 radical (unpaired) electrons. The number of unbranched alkanes of at least 4 members (excludes halogenated alkanes) is 1. The molecule has 0 spiro atoms. The molecule has 3 heterocycles. The molecule has 2 aliphatic carbocycles. The number of halogens is 5. The fourth-order valence-corrected chi connectivity index (χ4v) is 7.17. The number of hydrogen-bond donors (Lipinski definition) is 4. The predicted molar refractivity (Wildman–Crippen MR) is 166 cm³/mol. The van der Waals surface area contributed by atoms with Crippen LogP contribution in [0.25, 0.3) is 22.1 Å². The van der Waals surface area contributed by atoms with Gasteiger partial charge in [-0.05, 0) is 50.3 Å². The Morgan fingerprint density at radius 3 is 2.62 bits per heavy atom. The highest BCUT2D eigenvalue weighted by Gasteiger charge is 2.44. The first-order valence-electron chi connectivity index (χ1n) is 14.4. The summed E-state index contributed by atoms with van der Waals surface area (Å²) in [6.45, 7) is 0.197. The van der Waals surface area contributed by atoms with E-state index in [0.29, 0.717) is 48.7 Å². The number of alkyl halides is 3. The Kier molecular flexibility index (Phi) is 9.60. The molecule has 0 amide bonds. The van der Waals surface area contributed by atoms with E-state index in [1.165, 1.54) is 16.7 Å². The Hall–Kier alpha value is -2.69. The molecule has 0 aliphatic heterocycles. The van der Waals surface area contributed by atoms with Gasteiger partial charge in [0.1, 0.15) is 29.7 Å². The molecule has 4 N–H and O–H groups in total. The van der Waals surface area contributed by atoms with E-state index >= 15 is 0 Å². The van der Waals surface area contributed by atoms with Gasteiger partial charge >= 0.3 is 6.18 Å². The summed E-state index contributed by atoms with van der Waals surface area (Å²) in [5.74, 6) is 0.675. The molecule has 45 heavy (non-hydrogen) atoms. The maximum Gasteiger partial charge on any atom is 0.417 e. The second-order valence-electron chi connectivity index (χ2n) is 11.8. The Balaban J connectivity index is 0.00000400. The SMILES string of the molecule is CS(=O)(=O)N(CCCCc1nc2cc(Cl)c(C(F)(F)F)cc2[nH]1)C[C@H]1C[C@@H](n2ccc3c(NC4CC4)ncnc32)[C@H](O)[C@@H]1O.Cl. The van der Waals surface area contributed by atoms with Crippen LogP contribution in [0.5, 0.6) is 0 Å². The van der Waals surface area contributed by atoms with Crippen molar-refractivity contribution in [3.8, 4) is 0 Å². The quantitative estimate of drug-likeness (QED) is 0.168. The van der Waals surface area contributed by atoms with Crippen LogP contribution in [0.1, 0.15) is 49.5 Å². The van der Waals surface area contributed by atoms with Crippen molar-refractivity contribution in [2.24, 2.45) is 5.92 Å². The number of aromatic amines is 1. The van der Waals surface area contributed by atoms with E-state index in [-0.39, 0.29) is 31.0 Å². The fraction of sp³-hybridized carbons (Fsp3) is 0.536. The lowest BCUT2D eigenvalue weighted by molar-refractivity contribution is -0.137. The van der Waals surface area contributed by atoms with Crippen molar-refractivity contribution in [1.29, 1.82) is 0 Å². The number of aromatic nitrogens is 5. The summed E-state index contributed by atoms with van der Waals surface area (Å²) in [6.07, 6.45) is 1.38. The van der Waals surface area contributed by atoms with E-state index < -0.39 is 51.0 Å². The van der Waals surface area contributed by atoms with Crippen LogP contribution in [0.15, 0.2) is 30.7 Å². The van der Waals surface area contributed by atoms with E-state index in [9.17, 15) is 31.8 Å². The van der Waals surface area contributed by atoms with Gasteiger partial charge in [0, 0.05) is 37.7 Å². The lowest BCUT2D eigenvalue weighted by Gasteiger charge is -2.25. The molecular weight excluding hydrogens is 658 g/mol. The summed E-state index contributed by atoms with van der Waals surface area (Å²) >= 11 is 5.80. The highest BCUT2D eigenvalue weighted by molar-refractivity contribution is 7.88. The lowest BCUT2D eigenvalue weighted by Crippen LogP contribution is -2.39. The van der Waals surface area contributed by atoms with Gasteiger partial charge < -0.3 is 25.1 Å². The molecule has 246 valence electrons. The van der Waals surface area contributed by atoms with Gasteiger partial charge in [-0.3, -0.25) is 0 Å². The Labute approximate surface area is 268 Å². The highest BCUT2D eigenvalue weighted by Crippen LogP contribution is 2.39. The number of benzene rings is 1. The third-order valence-electron chi connectivity index (χ3n) is 8.46. The van der Waals surface area contributed by atoms with Gasteiger partial charge in [0.15, 0.2) is 0 Å². The average Bonchev–Trinajstić information content (AvgIpc) is 3.40. The molecule has 0 unspecified atom stereocenters. The van der Waals surface area contributed by atoms with Gasteiger partial charge in [0.25, 0.3) is 0 Å². The normalized spacial score (nSPS) is 22.4. The van der Waals surface area contributed by atoms with Gasteiger partial charge in [0.2, 0.25) is 10.0 Å². The number of aliphatic hydroxyl groups is 2. The first-order valence-corrected chi connectivity index (χ1v) is 16.7. The van der Waals surface area contributed by atoms with Crippen LogP contribution in [-0.2, 0) is 22.6 Å². The fourth-order valence-electron chi connectivity index (χ4n) is 5.99. The van der Waals surface area contributed by atoms with E-state index in [4.69, 9.17) is 11.6 Å². The number of H-pyrrole nitrogens is 1. The first kappa shape index (κ1) is 33.7. The number of imidazole rings is 1. The topological polar surface area (TPSA) is 149 Å². The zero-order valence-corrected chi connectivity index (χ0v) is 26.6. The Bertz CT molecular complexity index is 1780. The van der Waals surface area contributed by atoms with Gasteiger partial charge in [0.05, 0.1) is 45.4 Å². The van der Waals surface area contributed by atoms with Crippen molar-refractivity contribution in [1.82, 2.24) is 28.8 Å². The monoisotopic (exact) mass is 691 g/mol. The minimum Gasteiger partial charge on any atom is -0.390 e. The predicted octanol–water partition coefficient (Wildman–Crippen LogP) is 4.54. The minimum absolute atomic E-state index is 0. The van der Waals surface area contributed by atoms with Gasteiger partial charge in [-0.25, -0.2) is 27.7 Å². The van der Waals surface area contributed by atoms with Crippen molar-refractivity contribution in [2.45, 2.75) is 69.0 Å². The second-order valence-corrected chi connectivity index (χ2v) is 14.1. The summed E-state index contributed by atoms with van der Waals surface area (Å²) in [7, 11) is -3.64. The van der Waals surface area contributed by atoms with Crippen molar-refractivity contribution < 1.29 is 31.8 Å². The molecule has 3 aromatic heterocycles. The van der Waals surface area contributed by atoms with E-state index in [2.05, 4.69) is 25.3 Å². The molecule has 0 bridgehead atoms. The first-order chi connectivity index (χ1) is 20.8. The van der Waals surface area contributed by atoms with Crippen LogP contribution in [0.3, 0.4) is 0 Å². The largest absolute Gasteiger partial charge is 0.417 e. The summed E-state index contributed by atoms with van der Waals surface area (Å²) in [6, 6.07) is 3.87. The Morgan fingerprint density at radius 1 is 1.18 bits per heavy atom. The van der Waals surface area contributed by atoms with Crippen LogP contribution >= 0.6 is 24.0 Å². The number of aryl methyl sites for hydroxylation is 1. The number of rotatable bonds is 11. The summed E-state index contributed by atoms with van der Waals surface area (Å²) in [5, 5.41) is 25.7. The summed E-state index contributed by atoms with van der Waals surface area (Å²) < 4.78 is 68.1. The minimum atomic E-state index is -4.59. The molecule has 4 aromatic rings. The van der Waals surface area contributed by atoms with Crippen molar-refractivity contribution in [2.75, 3.05) is 24.7 Å². The van der Waals surface area contributed by atoms with Crippen LogP contribution in [0.2, 0.25) is 5.02 Å². The molecule has 1 aromatic carbocycles. The molecule has 11 nitrogen and oxygen atoms in total. The second kappa shape index (κ2) is 12.8. The number of nitrogens with one attached hydrogen (secondary N) is 2. The molecule has 4 atom stereocenters. The standard InChI is InChI=1S/C28H33ClF3N7O4S.ClH/c1-44(42,43)38(8-3-2-4-23-36-20-11-18(28(30,31)32)19(29)12-21(20)37-23)13-15-10-22(25(41)24(15)40)39-9-7-17-26(35-16-5-6-16)33-14-34-27(17)39;/h7,9,11-12,14-16,22,24-25,40-41H,2-6,8,10,13H2,1H3,(H,36,37)(H,33,34,35);1H/t15-,22-,24-,25+;/m1./s1. The number of hydrogen-bond acceptors (Lipinski definition) is 8. The lowest BCUT2D eigenvalue weighted by atomic mass is 10.1. The Morgan fingerprint density at radius 2 is 1.93 bits per heavy atom. The summed E-state index contributed by atoms with van der Waals surface area (Å²) in [4.78, 5) is 16.0. The van der Waals surface area contributed by atoms with Crippen molar-refractivity contribution in [3.05, 3.63) is 47.1 Å². The third-order valence-corrected chi connectivity index (χ3v) is 10.0. The maximum absolute atomic E-state index is 13.2. The highest BCUT2D eigenvalue weighted by atomic mass is 35.5. The molecule has 0 saturated heterocycles. The zero-order valence-electron chi connectivity index (χ0n) is 24.2. The van der Waals surface area contributed by atoms with Crippen LogP contribution in [-0.4, -0.2) is 85.0 Å². The van der Waals surface area contributed by atoms with E-state index in [1.807, 2.05) is 16.8 Å².